The quantitative estimate of drug-likeness (QED) is 0.684. The smallest absolute Gasteiger partial charge is 0.248 e. The first-order valence-electron chi connectivity index (χ1n) is 6.64. The van der Waals surface area contributed by atoms with Crippen molar-refractivity contribution in [2.24, 2.45) is 0 Å². The minimum absolute atomic E-state index is 0.107. The fraction of sp³-hybridized carbons (Fsp3) is 0.917. The number of rotatable bonds is 3. The van der Waals surface area contributed by atoms with Crippen LogP contribution in [0.25, 0.3) is 0 Å². The molecule has 0 aliphatic carbocycles. The number of aliphatic hydroxyl groups excluding tert-OH is 1. The molecule has 0 aromatic heterocycles. The Kier molecular flexibility index (Phi) is 4.76. The second-order valence-electron chi connectivity index (χ2n) is 4.95. The van der Waals surface area contributed by atoms with Crippen LogP contribution >= 0.6 is 0 Å². The first-order valence-corrected chi connectivity index (χ1v) is 6.64. The molecule has 2 aliphatic rings. The summed E-state index contributed by atoms with van der Waals surface area (Å²) in [5.41, 5.74) is 0. The number of hydrogen-bond acceptors (Lipinski definition) is 4. The summed E-state index contributed by atoms with van der Waals surface area (Å²) in [6.45, 7) is 5.65. The molecule has 2 N–H and O–H groups in total. The third-order valence-corrected chi connectivity index (χ3v) is 3.76. The molecule has 0 spiro atoms. The Balaban J connectivity index is 1.88. The Bertz CT molecular complexity index is 254. The molecular formula is C12H23N3O2. The van der Waals surface area contributed by atoms with Crippen molar-refractivity contribution in [3.05, 3.63) is 0 Å². The molecule has 1 unspecified atom stereocenters. The summed E-state index contributed by atoms with van der Waals surface area (Å²) in [5.74, 6) is -0.107. The van der Waals surface area contributed by atoms with Crippen molar-refractivity contribution < 1.29 is 9.90 Å². The number of nitrogens with one attached hydrogen (secondary N) is 1. The van der Waals surface area contributed by atoms with E-state index in [2.05, 4.69) is 10.2 Å². The highest BCUT2D eigenvalue weighted by Gasteiger charge is 2.27. The predicted octanol–water partition coefficient (Wildman–Crippen LogP) is -0.735. The zero-order chi connectivity index (χ0) is 12.1. The van der Waals surface area contributed by atoms with E-state index in [4.69, 9.17) is 5.11 Å². The standard InChI is InChI=1S/C12H23N3O2/c16-10-12(17)15-6-2-1-3-11(15)9-14-7-4-13-5-8-14/h11,13,16H,1-10H2. The molecule has 2 fully saturated rings. The van der Waals surface area contributed by atoms with Gasteiger partial charge in [-0.15, -0.1) is 0 Å². The molecule has 98 valence electrons. The maximum Gasteiger partial charge on any atom is 0.248 e. The number of piperazine rings is 1. The van der Waals surface area contributed by atoms with Crippen LogP contribution in [0.3, 0.4) is 0 Å². The van der Waals surface area contributed by atoms with E-state index in [-0.39, 0.29) is 12.5 Å². The van der Waals surface area contributed by atoms with Crippen molar-refractivity contribution >= 4 is 5.91 Å². The maximum atomic E-state index is 11.7. The molecule has 2 rings (SSSR count). The van der Waals surface area contributed by atoms with Crippen LogP contribution in [0.15, 0.2) is 0 Å². The van der Waals surface area contributed by atoms with Crippen LogP contribution in [0.1, 0.15) is 19.3 Å². The Hall–Kier alpha value is -0.650. The van der Waals surface area contributed by atoms with E-state index >= 15 is 0 Å². The van der Waals surface area contributed by atoms with Crippen LogP contribution in [0.5, 0.6) is 0 Å². The number of carbonyl (C=O) groups excluding carboxylic acids is 1. The first-order chi connectivity index (χ1) is 8.31. The van der Waals surface area contributed by atoms with Gasteiger partial charge < -0.3 is 15.3 Å². The SMILES string of the molecule is O=C(CO)N1CCCCC1CN1CCNCC1. The lowest BCUT2D eigenvalue weighted by Crippen LogP contribution is -2.53. The molecule has 2 saturated heterocycles. The van der Waals surface area contributed by atoms with Gasteiger partial charge in [-0.05, 0) is 19.3 Å². The number of nitrogens with zero attached hydrogens (tertiary/aromatic N) is 2. The Labute approximate surface area is 103 Å². The second kappa shape index (κ2) is 6.33. The topological polar surface area (TPSA) is 55.8 Å². The van der Waals surface area contributed by atoms with E-state index in [1.807, 2.05) is 4.90 Å². The Morgan fingerprint density at radius 2 is 2.00 bits per heavy atom. The van der Waals surface area contributed by atoms with E-state index in [9.17, 15) is 4.79 Å². The van der Waals surface area contributed by atoms with Gasteiger partial charge in [0.2, 0.25) is 5.91 Å². The molecule has 1 atom stereocenters. The first kappa shape index (κ1) is 12.8. The van der Waals surface area contributed by atoms with Crippen LogP contribution in [0, 0.1) is 0 Å². The van der Waals surface area contributed by atoms with Crippen molar-refractivity contribution in [3.63, 3.8) is 0 Å². The van der Waals surface area contributed by atoms with Gasteiger partial charge in [-0.3, -0.25) is 9.69 Å². The maximum absolute atomic E-state index is 11.7. The molecule has 2 heterocycles. The summed E-state index contributed by atoms with van der Waals surface area (Å²) in [7, 11) is 0. The molecule has 2 aliphatic heterocycles. The van der Waals surface area contributed by atoms with Gasteiger partial charge in [-0.1, -0.05) is 0 Å². The second-order valence-corrected chi connectivity index (χ2v) is 4.95. The summed E-state index contributed by atoms with van der Waals surface area (Å²) >= 11 is 0. The van der Waals surface area contributed by atoms with E-state index < -0.39 is 0 Å². The van der Waals surface area contributed by atoms with Gasteiger partial charge in [-0.25, -0.2) is 0 Å². The monoisotopic (exact) mass is 241 g/mol. The fourth-order valence-corrected chi connectivity index (χ4v) is 2.80. The largest absolute Gasteiger partial charge is 0.387 e. The molecule has 0 aromatic rings. The molecule has 0 bridgehead atoms. The zero-order valence-electron chi connectivity index (χ0n) is 10.4. The number of likely N-dealkylation sites (tertiary alicyclic amines) is 1. The molecule has 1 amide bonds. The highest BCUT2D eigenvalue weighted by molar-refractivity contribution is 5.77. The third kappa shape index (κ3) is 3.40. The average molecular weight is 241 g/mol. The van der Waals surface area contributed by atoms with Crippen molar-refractivity contribution in [3.8, 4) is 0 Å². The van der Waals surface area contributed by atoms with Crippen molar-refractivity contribution in [1.82, 2.24) is 15.1 Å². The Morgan fingerprint density at radius 3 is 2.71 bits per heavy atom. The summed E-state index contributed by atoms with van der Waals surface area (Å²) < 4.78 is 0. The van der Waals surface area contributed by atoms with Gasteiger partial charge in [0, 0.05) is 45.3 Å². The van der Waals surface area contributed by atoms with Crippen LogP contribution in [0.4, 0.5) is 0 Å². The number of aliphatic hydroxyl groups is 1. The summed E-state index contributed by atoms with van der Waals surface area (Å²) in [6, 6.07) is 0.307. The van der Waals surface area contributed by atoms with Crippen molar-refractivity contribution in [2.45, 2.75) is 25.3 Å². The minimum Gasteiger partial charge on any atom is -0.387 e. The van der Waals surface area contributed by atoms with Crippen LogP contribution in [0.2, 0.25) is 0 Å². The minimum atomic E-state index is -0.349. The highest BCUT2D eigenvalue weighted by Crippen LogP contribution is 2.18. The summed E-state index contributed by atoms with van der Waals surface area (Å²) in [6.07, 6.45) is 3.35. The average Bonchev–Trinajstić information content (AvgIpc) is 2.40. The van der Waals surface area contributed by atoms with Crippen LogP contribution in [-0.2, 0) is 4.79 Å². The van der Waals surface area contributed by atoms with Gasteiger partial charge in [0.15, 0.2) is 0 Å². The molecule has 0 radical (unpaired) electrons. The molecule has 5 nitrogen and oxygen atoms in total. The molecule has 5 heteroatoms. The van der Waals surface area contributed by atoms with Gasteiger partial charge in [0.05, 0.1) is 0 Å². The number of piperidine rings is 1. The lowest BCUT2D eigenvalue weighted by molar-refractivity contribution is -0.138. The zero-order valence-corrected chi connectivity index (χ0v) is 10.4. The fourth-order valence-electron chi connectivity index (χ4n) is 2.80. The molecule has 0 aromatic carbocycles. The predicted molar refractivity (Wildman–Crippen MR) is 65.7 cm³/mol. The van der Waals surface area contributed by atoms with Crippen LogP contribution in [-0.4, -0.2) is 72.7 Å². The van der Waals surface area contributed by atoms with Gasteiger partial charge in [-0.2, -0.15) is 0 Å². The van der Waals surface area contributed by atoms with Crippen LogP contribution < -0.4 is 5.32 Å². The van der Waals surface area contributed by atoms with Gasteiger partial charge >= 0.3 is 0 Å². The Morgan fingerprint density at radius 1 is 1.24 bits per heavy atom. The summed E-state index contributed by atoms with van der Waals surface area (Å²) in [5, 5.41) is 12.3. The molecular weight excluding hydrogens is 218 g/mol. The lowest BCUT2D eigenvalue weighted by Gasteiger charge is -2.39. The van der Waals surface area contributed by atoms with Crippen molar-refractivity contribution in [2.75, 3.05) is 45.9 Å². The van der Waals surface area contributed by atoms with Gasteiger partial charge in [0.1, 0.15) is 6.61 Å². The third-order valence-electron chi connectivity index (χ3n) is 3.76. The van der Waals surface area contributed by atoms with Gasteiger partial charge in [0.25, 0.3) is 0 Å². The van der Waals surface area contributed by atoms with E-state index in [0.29, 0.717) is 6.04 Å². The molecule has 17 heavy (non-hydrogen) atoms. The number of carbonyl (C=O) groups is 1. The van der Waals surface area contributed by atoms with E-state index in [1.165, 1.54) is 6.42 Å². The normalized spacial score (nSPS) is 27.1. The molecule has 0 saturated carbocycles. The van der Waals surface area contributed by atoms with E-state index in [1.54, 1.807) is 0 Å². The summed E-state index contributed by atoms with van der Waals surface area (Å²) in [4.78, 5) is 16.0. The highest BCUT2D eigenvalue weighted by atomic mass is 16.3. The van der Waals surface area contributed by atoms with Crippen molar-refractivity contribution in [1.29, 1.82) is 0 Å². The number of hydrogen-bond donors (Lipinski definition) is 2. The number of amides is 1. The lowest BCUT2D eigenvalue weighted by atomic mass is 10.0. The van der Waals surface area contributed by atoms with E-state index in [0.717, 1.165) is 52.1 Å².